The second kappa shape index (κ2) is 8.09. The number of amides is 2. The summed E-state index contributed by atoms with van der Waals surface area (Å²) in [6.07, 6.45) is 5.78. The maximum Gasteiger partial charge on any atom is 0.255 e. The summed E-state index contributed by atoms with van der Waals surface area (Å²) in [7, 11) is 3.43. The van der Waals surface area contributed by atoms with E-state index in [2.05, 4.69) is 16.9 Å². The predicted molar refractivity (Wildman–Crippen MR) is 97.1 cm³/mol. The Hall–Kier alpha value is -2.44. The minimum atomic E-state index is -0.440. The number of likely N-dealkylation sites (N-methyl/N-ethyl adjacent to an activating group) is 1. The molecule has 0 spiro atoms. The van der Waals surface area contributed by atoms with Crippen molar-refractivity contribution in [3.63, 3.8) is 0 Å². The molecule has 0 aliphatic carbocycles. The summed E-state index contributed by atoms with van der Waals surface area (Å²) in [5.74, 6) is 0.328. The van der Waals surface area contributed by atoms with Gasteiger partial charge in [-0.1, -0.05) is 13.3 Å². The van der Waals surface area contributed by atoms with Gasteiger partial charge in [-0.05, 0) is 37.3 Å². The van der Waals surface area contributed by atoms with Crippen LogP contribution in [0.2, 0.25) is 0 Å². The van der Waals surface area contributed by atoms with Gasteiger partial charge in [-0.3, -0.25) is 19.5 Å². The highest BCUT2D eigenvalue weighted by Gasteiger charge is 2.32. The third-order valence-electron chi connectivity index (χ3n) is 4.65. The average molecular weight is 345 g/mol. The monoisotopic (exact) mass is 345 g/mol. The molecule has 2 amide bonds. The molecule has 1 aliphatic heterocycles. The van der Waals surface area contributed by atoms with Crippen molar-refractivity contribution in [1.82, 2.24) is 14.8 Å². The number of aryl methyl sites for hydroxylation is 1. The van der Waals surface area contributed by atoms with Crippen molar-refractivity contribution in [2.45, 2.75) is 39.2 Å². The summed E-state index contributed by atoms with van der Waals surface area (Å²) >= 11 is 0. The Kier molecular flexibility index (Phi) is 6.12. The van der Waals surface area contributed by atoms with E-state index in [1.165, 1.54) is 4.90 Å². The predicted octanol–water partition coefficient (Wildman–Crippen LogP) is 1.42. The van der Waals surface area contributed by atoms with Crippen LogP contribution < -0.4 is 5.73 Å². The lowest BCUT2D eigenvalue weighted by atomic mass is 9.94. The van der Waals surface area contributed by atoms with E-state index in [0.29, 0.717) is 18.5 Å². The zero-order chi connectivity index (χ0) is 18.6. The van der Waals surface area contributed by atoms with Crippen molar-refractivity contribution in [2.75, 3.05) is 20.6 Å². The number of aliphatic imine (C=N–C) groups is 1. The fraction of sp³-hybridized carbons (Fsp3) is 0.556. The Labute approximate surface area is 148 Å². The molecule has 25 heavy (non-hydrogen) atoms. The SMILES string of the molecule is CCCC(C[C@@H]1N=C(N)N(C)C1=O)CN(C)C(=O)c1cnccc1C. The molecule has 2 N–H and O–H groups in total. The van der Waals surface area contributed by atoms with E-state index in [0.717, 1.165) is 18.4 Å². The van der Waals surface area contributed by atoms with Crippen LogP contribution in [-0.2, 0) is 4.79 Å². The number of hydrogen-bond acceptors (Lipinski definition) is 5. The number of aromatic nitrogens is 1. The van der Waals surface area contributed by atoms with Crippen LogP contribution >= 0.6 is 0 Å². The molecule has 1 aromatic heterocycles. The zero-order valence-electron chi connectivity index (χ0n) is 15.4. The smallest absolute Gasteiger partial charge is 0.255 e. The first kappa shape index (κ1) is 18.9. The van der Waals surface area contributed by atoms with Crippen molar-refractivity contribution in [3.8, 4) is 0 Å². The van der Waals surface area contributed by atoms with Gasteiger partial charge < -0.3 is 10.6 Å². The molecule has 0 saturated heterocycles. The second-order valence-electron chi connectivity index (χ2n) is 6.67. The van der Waals surface area contributed by atoms with Gasteiger partial charge in [0, 0.05) is 33.0 Å². The number of nitrogens with zero attached hydrogens (tertiary/aromatic N) is 4. The normalized spacial score (nSPS) is 18.2. The van der Waals surface area contributed by atoms with E-state index in [4.69, 9.17) is 5.73 Å². The van der Waals surface area contributed by atoms with Gasteiger partial charge >= 0.3 is 0 Å². The molecule has 0 fully saturated rings. The van der Waals surface area contributed by atoms with Crippen molar-refractivity contribution in [3.05, 3.63) is 29.6 Å². The number of carbonyl (C=O) groups is 2. The number of guanidine groups is 1. The number of rotatable bonds is 7. The Morgan fingerprint density at radius 3 is 2.76 bits per heavy atom. The molecule has 136 valence electrons. The second-order valence-corrected chi connectivity index (χ2v) is 6.67. The van der Waals surface area contributed by atoms with Crippen LogP contribution in [0.15, 0.2) is 23.5 Å². The van der Waals surface area contributed by atoms with Crippen LogP contribution in [-0.4, -0.2) is 59.2 Å². The van der Waals surface area contributed by atoms with Crippen LogP contribution in [0.4, 0.5) is 0 Å². The van der Waals surface area contributed by atoms with Gasteiger partial charge in [-0.25, -0.2) is 4.99 Å². The van der Waals surface area contributed by atoms with E-state index in [1.54, 1.807) is 31.4 Å². The van der Waals surface area contributed by atoms with Gasteiger partial charge in [0.1, 0.15) is 6.04 Å². The molecule has 2 atom stereocenters. The third kappa shape index (κ3) is 4.35. The van der Waals surface area contributed by atoms with Crippen LogP contribution in [0.3, 0.4) is 0 Å². The van der Waals surface area contributed by atoms with Gasteiger partial charge in [0.2, 0.25) is 0 Å². The Balaban J connectivity index is 2.05. The molecule has 0 aromatic carbocycles. The highest BCUT2D eigenvalue weighted by Crippen LogP contribution is 2.21. The number of carbonyl (C=O) groups excluding carboxylic acids is 2. The summed E-state index contributed by atoms with van der Waals surface area (Å²) in [5, 5.41) is 0. The van der Waals surface area contributed by atoms with E-state index < -0.39 is 6.04 Å². The lowest BCUT2D eigenvalue weighted by molar-refractivity contribution is -0.126. The van der Waals surface area contributed by atoms with Gasteiger partial charge in [0.25, 0.3) is 11.8 Å². The molecule has 0 radical (unpaired) electrons. The molecular weight excluding hydrogens is 318 g/mol. The van der Waals surface area contributed by atoms with Gasteiger partial charge in [-0.2, -0.15) is 0 Å². The quantitative estimate of drug-likeness (QED) is 0.809. The maximum absolute atomic E-state index is 12.7. The first-order valence-electron chi connectivity index (χ1n) is 8.62. The maximum atomic E-state index is 12.7. The fourth-order valence-electron chi connectivity index (χ4n) is 3.16. The number of hydrogen-bond donors (Lipinski definition) is 1. The van der Waals surface area contributed by atoms with Crippen LogP contribution in [0.5, 0.6) is 0 Å². The standard InChI is InChI=1S/C18H27N5O2/c1-5-6-13(9-15-17(25)23(4)18(19)21-15)11-22(3)16(24)14-10-20-8-7-12(14)2/h7-8,10,13,15H,5-6,9,11H2,1-4H3,(H2,19,21)/t13?,15-/m0/s1. The molecule has 7 nitrogen and oxygen atoms in total. The summed E-state index contributed by atoms with van der Waals surface area (Å²) in [6, 6.07) is 1.39. The molecule has 1 unspecified atom stereocenters. The fourth-order valence-corrected chi connectivity index (χ4v) is 3.16. The van der Waals surface area contributed by atoms with Crippen LogP contribution in [0, 0.1) is 12.8 Å². The molecule has 1 aliphatic rings. The topological polar surface area (TPSA) is 91.9 Å². The lowest BCUT2D eigenvalue weighted by Crippen LogP contribution is -2.37. The van der Waals surface area contributed by atoms with Crippen molar-refractivity contribution >= 4 is 17.8 Å². The van der Waals surface area contributed by atoms with E-state index >= 15 is 0 Å². The largest absolute Gasteiger partial charge is 0.369 e. The molecule has 0 bridgehead atoms. The van der Waals surface area contributed by atoms with E-state index in [9.17, 15) is 9.59 Å². The Bertz CT molecular complexity index is 673. The highest BCUT2D eigenvalue weighted by atomic mass is 16.2. The van der Waals surface area contributed by atoms with Crippen molar-refractivity contribution in [1.29, 1.82) is 0 Å². The molecule has 2 rings (SSSR count). The van der Waals surface area contributed by atoms with Gasteiger partial charge in [-0.15, -0.1) is 0 Å². The van der Waals surface area contributed by atoms with Crippen LogP contribution in [0.1, 0.15) is 42.1 Å². The molecular formula is C18H27N5O2. The summed E-state index contributed by atoms with van der Waals surface area (Å²) in [4.78, 5) is 36.3. The summed E-state index contributed by atoms with van der Waals surface area (Å²) < 4.78 is 0. The van der Waals surface area contributed by atoms with Crippen LogP contribution in [0.25, 0.3) is 0 Å². The summed E-state index contributed by atoms with van der Waals surface area (Å²) in [6.45, 7) is 4.57. The molecule has 0 saturated carbocycles. The average Bonchev–Trinajstić information content (AvgIpc) is 2.82. The number of pyridine rings is 1. The number of nitrogens with two attached hydrogens (primary N) is 1. The summed E-state index contributed by atoms with van der Waals surface area (Å²) in [5.41, 5.74) is 7.25. The van der Waals surface area contributed by atoms with Crippen molar-refractivity contribution < 1.29 is 9.59 Å². The Morgan fingerprint density at radius 2 is 2.20 bits per heavy atom. The molecule has 1 aromatic rings. The third-order valence-corrected chi connectivity index (χ3v) is 4.65. The first-order chi connectivity index (χ1) is 11.8. The lowest BCUT2D eigenvalue weighted by Gasteiger charge is -2.25. The van der Waals surface area contributed by atoms with Crippen molar-refractivity contribution in [2.24, 2.45) is 16.6 Å². The molecule has 2 heterocycles. The highest BCUT2D eigenvalue weighted by molar-refractivity contribution is 6.03. The zero-order valence-corrected chi connectivity index (χ0v) is 15.4. The minimum Gasteiger partial charge on any atom is -0.369 e. The minimum absolute atomic E-state index is 0.0513. The first-order valence-corrected chi connectivity index (χ1v) is 8.62. The molecule has 7 heteroatoms. The van der Waals surface area contributed by atoms with Gasteiger partial charge in [0.15, 0.2) is 5.96 Å². The Morgan fingerprint density at radius 1 is 1.48 bits per heavy atom. The van der Waals surface area contributed by atoms with E-state index in [-0.39, 0.29) is 23.7 Å². The van der Waals surface area contributed by atoms with E-state index in [1.807, 2.05) is 13.0 Å². The van der Waals surface area contributed by atoms with Gasteiger partial charge in [0.05, 0.1) is 5.56 Å².